The zero-order valence-electron chi connectivity index (χ0n) is 23.5. The minimum Gasteiger partial charge on any atom is -0.393 e. The number of hydrogen-bond acceptors (Lipinski definition) is 5. The van der Waals surface area contributed by atoms with Gasteiger partial charge < -0.3 is 15.3 Å². The lowest BCUT2D eigenvalue weighted by Gasteiger charge is -2.44. The van der Waals surface area contributed by atoms with Crippen LogP contribution in [0.4, 0.5) is 0 Å². The molecule has 208 valence electrons. The third-order valence-corrected chi connectivity index (χ3v) is 11.5. The van der Waals surface area contributed by atoms with Crippen LogP contribution in [0.15, 0.2) is 53.0 Å². The van der Waals surface area contributed by atoms with Gasteiger partial charge in [0.15, 0.2) is 0 Å². The molecule has 0 aromatic carbocycles. The molecule has 1 aromatic rings. The Bertz CT molecular complexity index is 1110. The molecule has 0 radical (unpaired) electrons. The van der Waals surface area contributed by atoms with Crippen LogP contribution in [0.1, 0.15) is 95.7 Å². The molecule has 0 unspecified atom stereocenters. The van der Waals surface area contributed by atoms with Crippen LogP contribution in [-0.4, -0.2) is 38.6 Å². The first-order valence-corrected chi connectivity index (χ1v) is 15.8. The molecule has 4 aliphatic rings. The molecule has 4 aliphatic carbocycles. The second kappa shape index (κ2) is 11.2. The van der Waals surface area contributed by atoms with Crippen LogP contribution in [-0.2, 0) is 11.8 Å². The molecule has 0 aliphatic heterocycles. The van der Waals surface area contributed by atoms with E-state index in [1.54, 1.807) is 11.3 Å². The summed E-state index contributed by atoms with van der Waals surface area (Å²) in [6.45, 7) is 11.1. The van der Waals surface area contributed by atoms with Gasteiger partial charge in [0.1, 0.15) is 5.01 Å². The second-order valence-electron chi connectivity index (χ2n) is 12.9. The fraction of sp³-hybridized carbons (Fsp3) is 0.667. The van der Waals surface area contributed by atoms with Crippen molar-refractivity contribution in [3.63, 3.8) is 0 Å². The van der Waals surface area contributed by atoms with Gasteiger partial charge in [-0.1, -0.05) is 63.6 Å². The average Bonchev–Trinajstić information content (AvgIpc) is 3.42. The highest BCUT2D eigenvalue weighted by molar-refractivity contribution is 7.09. The first-order valence-electron chi connectivity index (χ1n) is 14.9. The van der Waals surface area contributed by atoms with Gasteiger partial charge in [-0.2, -0.15) is 0 Å². The molecule has 4 fully saturated rings. The average molecular weight is 538 g/mol. The Morgan fingerprint density at radius 3 is 2.71 bits per heavy atom. The van der Waals surface area contributed by atoms with Crippen molar-refractivity contribution in [2.45, 2.75) is 115 Å². The van der Waals surface area contributed by atoms with E-state index in [0.29, 0.717) is 30.6 Å². The largest absolute Gasteiger partial charge is 0.393 e. The van der Waals surface area contributed by atoms with Gasteiger partial charge in [0.25, 0.3) is 0 Å². The maximum Gasteiger partial charge on any atom is 0.102 e. The van der Waals surface area contributed by atoms with Crippen LogP contribution in [0.5, 0.6) is 0 Å². The van der Waals surface area contributed by atoms with Crippen molar-refractivity contribution in [1.82, 2.24) is 4.98 Å². The van der Waals surface area contributed by atoms with Crippen molar-refractivity contribution in [3.8, 4) is 0 Å². The number of hydrogen-bond donors (Lipinski definition) is 3. The van der Waals surface area contributed by atoms with Crippen LogP contribution in [0.3, 0.4) is 0 Å². The number of rotatable bonds is 8. The predicted octanol–water partition coefficient (Wildman–Crippen LogP) is 6.82. The van der Waals surface area contributed by atoms with Crippen LogP contribution in [0, 0.1) is 23.2 Å². The van der Waals surface area contributed by atoms with Crippen molar-refractivity contribution in [2.75, 3.05) is 0 Å². The highest BCUT2D eigenvalue weighted by Gasteiger charge is 2.53. The molecule has 0 bridgehead atoms. The van der Waals surface area contributed by atoms with E-state index in [1.807, 2.05) is 0 Å². The van der Waals surface area contributed by atoms with Gasteiger partial charge in [-0.05, 0) is 92.1 Å². The van der Waals surface area contributed by atoms with Gasteiger partial charge in [-0.25, -0.2) is 4.98 Å². The zero-order chi connectivity index (χ0) is 27.1. The summed E-state index contributed by atoms with van der Waals surface area (Å²) in [6.07, 6.45) is 18.4. The summed E-state index contributed by atoms with van der Waals surface area (Å²) in [4.78, 5) is 4.88. The van der Waals surface area contributed by atoms with Gasteiger partial charge in [-0.15, -0.1) is 11.3 Å². The fourth-order valence-electron chi connectivity index (χ4n) is 7.88. The highest BCUT2D eigenvalue weighted by atomic mass is 32.1. The van der Waals surface area contributed by atoms with E-state index in [4.69, 9.17) is 4.98 Å². The quantitative estimate of drug-likeness (QED) is 0.318. The SMILES string of the molecule is C=C1/C(=C\C=C2/CCC[C@]3(C)[C@@H]([C@H](C)/C=C/[C@H](O)C4(c5nc(CCC)cs5)CC4)CC[C@@H]23)C[C@@H](O)C[C@@H]1O. The number of aryl methyl sites for hydroxylation is 1. The molecule has 5 heteroatoms. The first kappa shape index (κ1) is 28.0. The van der Waals surface area contributed by atoms with E-state index in [1.165, 1.54) is 37.0 Å². The van der Waals surface area contributed by atoms with Crippen LogP contribution < -0.4 is 0 Å². The summed E-state index contributed by atoms with van der Waals surface area (Å²) in [6, 6.07) is 0. The molecule has 0 amide bonds. The summed E-state index contributed by atoms with van der Waals surface area (Å²) in [5.74, 6) is 1.60. The minimum absolute atomic E-state index is 0.159. The van der Waals surface area contributed by atoms with Crippen LogP contribution in [0.2, 0.25) is 0 Å². The molecular formula is C33H47NO3S. The lowest BCUT2D eigenvalue weighted by Crippen LogP contribution is -2.35. The number of aliphatic hydroxyl groups is 3. The standard InChI is InChI=1S/C33H47NO3S/c1-5-7-25-20-38-31(34-25)33(16-17-33)30(37)14-9-21(2)27-12-13-28-23(8-6-15-32(27,28)4)10-11-24-18-26(35)19-29(36)22(24)3/h9-11,14,20-21,26-30,35-37H,3,5-8,12-13,15-19H2,1-2,4H3/b14-9+,23-10+,24-11-/t21-,26-,27-,28+,29+,30+,32-/m1/s1. The Morgan fingerprint density at radius 1 is 1.18 bits per heavy atom. The number of nitrogens with zero attached hydrogens (tertiary/aromatic N) is 1. The first-order chi connectivity index (χ1) is 18.2. The van der Waals surface area contributed by atoms with Crippen molar-refractivity contribution < 1.29 is 15.3 Å². The van der Waals surface area contributed by atoms with E-state index in [9.17, 15) is 15.3 Å². The third-order valence-electron chi connectivity index (χ3n) is 10.4. The second-order valence-corrected chi connectivity index (χ2v) is 13.8. The third kappa shape index (κ3) is 5.29. The molecule has 1 aromatic heterocycles. The van der Waals surface area contributed by atoms with Gasteiger partial charge in [-0.3, -0.25) is 0 Å². The molecule has 4 nitrogen and oxygen atoms in total. The topological polar surface area (TPSA) is 73.6 Å². The minimum atomic E-state index is -0.636. The van der Waals surface area contributed by atoms with Gasteiger partial charge in [0.05, 0.1) is 29.4 Å². The Labute approximate surface area is 233 Å². The Morgan fingerprint density at radius 2 is 1.97 bits per heavy atom. The molecule has 38 heavy (non-hydrogen) atoms. The monoisotopic (exact) mass is 537 g/mol. The van der Waals surface area contributed by atoms with Gasteiger partial charge in [0, 0.05) is 11.8 Å². The Hall–Kier alpha value is -1.53. The van der Waals surface area contributed by atoms with Crippen molar-refractivity contribution in [2.24, 2.45) is 23.2 Å². The van der Waals surface area contributed by atoms with E-state index in [2.05, 4.69) is 57.0 Å². The highest BCUT2D eigenvalue weighted by Crippen LogP contribution is 2.60. The molecule has 7 atom stereocenters. The normalized spacial score (nSPS) is 36.6. The predicted molar refractivity (Wildman–Crippen MR) is 156 cm³/mol. The zero-order valence-corrected chi connectivity index (χ0v) is 24.3. The number of thiazole rings is 1. The summed E-state index contributed by atoms with van der Waals surface area (Å²) in [5, 5.41) is 34.9. The lowest BCUT2D eigenvalue weighted by atomic mass is 9.61. The van der Waals surface area contributed by atoms with Crippen LogP contribution >= 0.6 is 11.3 Å². The molecule has 4 saturated carbocycles. The molecule has 1 heterocycles. The van der Waals surface area contributed by atoms with E-state index in [-0.39, 0.29) is 10.8 Å². The van der Waals surface area contributed by atoms with Crippen molar-refractivity contribution >= 4 is 11.3 Å². The van der Waals surface area contributed by atoms with Gasteiger partial charge >= 0.3 is 0 Å². The van der Waals surface area contributed by atoms with E-state index >= 15 is 0 Å². The Kier molecular flexibility index (Phi) is 8.22. The van der Waals surface area contributed by atoms with Crippen LogP contribution in [0.25, 0.3) is 0 Å². The molecule has 5 rings (SSSR count). The maximum atomic E-state index is 11.2. The summed E-state index contributed by atoms with van der Waals surface area (Å²) in [7, 11) is 0. The fourth-order valence-corrected chi connectivity index (χ4v) is 9.03. The maximum absolute atomic E-state index is 11.2. The van der Waals surface area contributed by atoms with Crippen molar-refractivity contribution in [3.05, 3.63) is 63.7 Å². The summed E-state index contributed by atoms with van der Waals surface area (Å²) >= 11 is 1.73. The number of aliphatic hydroxyl groups excluding tert-OH is 3. The number of aromatic nitrogens is 1. The smallest absolute Gasteiger partial charge is 0.102 e. The Balaban J connectivity index is 1.27. The number of fused-ring (bicyclic) bond motifs is 1. The van der Waals surface area contributed by atoms with E-state index < -0.39 is 18.3 Å². The van der Waals surface area contributed by atoms with Crippen molar-refractivity contribution in [1.29, 1.82) is 0 Å². The molecule has 0 spiro atoms. The van der Waals surface area contributed by atoms with Gasteiger partial charge in [0.2, 0.25) is 0 Å². The summed E-state index contributed by atoms with van der Waals surface area (Å²) in [5.41, 5.74) is 4.56. The summed E-state index contributed by atoms with van der Waals surface area (Å²) < 4.78 is 0. The van der Waals surface area contributed by atoms with E-state index in [0.717, 1.165) is 48.3 Å². The lowest BCUT2D eigenvalue weighted by molar-refractivity contribution is 0.0862. The molecular weight excluding hydrogens is 490 g/mol. The molecule has 0 saturated heterocycles. The number of allylic oxidation sites excluding steroid dienone is 4. The molecule has 3 N–H and O–H groups in total.